The van der Waals surface area contributed by atoms with Crippen LogP contribution in [0.15, 0.2) is 54.9 Å². The van der Waals surface area contributed by atoms with Crippen LogP contribution in [0.25, 0.3) is 0 Å². The van der Waals surface area contributed by atoms with E-state index in [4.69, 9.17) is 9.47 Å². The van der Waals surface area contributed by atoms with Crippen LogP contribution < -0.4 is 5.32 Å². The van der Waals surface area contributed by atoms with Crippen molar-refractivity contribution in [1.29, 1.82) is 0 Å². The molecule has 1 saturated heterocycles. The van der Waals surface area contributed by atoms with E-state index in [0.717, 1.165) is 12.1 Å². The van der Waals surface area contributed by atoms with E-state index >= 15 is 0 Å². The van der Waals surface area contributed by atoms with Crippen molar-refractivity contribution in [3.05, 3.63) is 66.0 Å². The highest BCUT2D eigenvalue weighted by Gasteiger charge is 2.25. The van der Waals surface area contributed by atoms with Crippen molar-refractivity contribution < 1.29 is 14.3 Å². The molecule has 3 rings (SSSR count). The molecule has 6 heteroatoms. The number of carbonyl (C=O) groups is 1. The van der Waals surface area contributed by atoms with Crippen molar-refractivity contribution in [2.45, 2.75) is 19.3 Å². The summed E-state index contributed by atoms with van der Waals surface area (Å²) < 4.78 is 11.1. The Balaban J connectivity index is 1.40. The van der Waals surface area contributed by atoms with Crippen LogP contribution in [0, 0.1) is 0 Å². The average Bonchev–Trinajstić information content (AvgIpc) is 2.68. The zero-order valence-electron chi connectivity index (χ0n) is 14.1. The number of nitrogens with one attached hydrogen (secondary N) is 1. The Kier molecular flexibility index (Phi) is 6.36. The summed E-state index contributed by atoms with van der Waals surface area (Å²) in [4.78, 5) is 17.9. The third-order valence-electron chi connectivity index (χ3n) is 4.05. The van der Waals surface area contributed by atoms with Gasteiger partial charge in [0.15, 0.2) is 0 Å². The Bertz CT molecular complexity index is 651. The van der Waals surface area contributed by atoms with Gasteiger partial charge in [-0.15, -0.1) is 0 Å². The highest BCUT2D eigenvalue weighted by atomic mass is 16.6. The summed E-state index contributed by atoms with van der Waals surface area (Å²) in [5.41, 5.74) is 2.16. The molecule has 1 amide bonds. The third-order valence-corrected chi connectivity index (χ3v) is 4.05. The van der Waals surface area contributed by atoms with Crippen LogP contribution >= 0.6 is 0 Å². The number of pyridine rings is 1. The van der Waals surface area contributed by atoms with Gasteiger partial charge in [-0.2, -0.15) is 0 Å². The summed E-state index contributed by atoms with van der Waals surface area (Å²) in [6, 6.07) is 13.6. The summed E-state index contributed by atoms with van der Waals surface area (Å²) in [5.74, 6) is 0. The summed E-state index contributed by atoms with van der Waals surface area (Å²) in [5, 5.41) is 3.36. The van der Waals surface area contributed by atoms with E-state index in [2.05, 4.69) is 10.3 Å². The molecule has 132 valence electrons. The zero-order valence-corrected chi connectivity index (χ0v) is 14.1. The van der Waals surface area contributed by atoms with E-state index in [1.54, 1.807) is 17.3 Å². The number of benzene rings is 1. The zero-order chi connectivity index (χ0) is 17.3. The fourth-order valence-electron chi connectivity index (χ4n) is 2.70. The van der Waals surface area contributed by atoms with Gasteiger partial charge in [0.25, 0.3) is 0 Å². The molecular weight excluding hydrogens is 318 g/mol. The minimum absolute atomic E-state index is 0.0279. The summed E-state index contributed by atoms with van der Waals surface area (Å²) in [6.45, 7) is 3.36. The lowest BCUT2D eigenvalue weighted by Crippen LogP contribution is -2.49. The third kappa shape index (κ3) is 5.55. The van der Waals surface area contributed by atoms with Gasteiger partial charge in [-0.1, -0.05) is 30.3 Å². The van der Waals surface area contributed by atoms with Crippen molar-refractivity contribution >= 4 is 6.09 Å². The van der Waals surface area contributed by atoms with Crippen LogP contribution in [-0.2, 0) is 22.6 Å². The van der Waals surface area contributed by atoms with E-state index < -0.39 is 0 Å². The Labute approximate surface area is 147 Å². The molecule has 1 unspecified atom stereocenters. The Morgan fingerprint density at radius 3 is 2.80 bits per heavy atom. The molecule has 1 aromatic heterocycles. The maximum absolute atomic E-state index is 12.2. The van der Waals surface area contributed by atoms with Crippen molar-refractivity contribution in [2.24, 2.45) is 0 Å². The molecule has 2 heterocycles. The Hall–Kier alpha value is -2.44. The smallest absolute Gasteiger partial charge is 0.410 e. The van der Waals surface area contributed by atoms with Crippen molar-refractivity contribution in [1.82, 2.24) is 15.2 Å². The number of hydrogen-bond acceptors (Lipinski definition) is 5. The number of hydrogen-bond donors (Lipinski definition) is 1. The van der Waals surface area contributed by atoms with E-state index in [0.29, 0.717) is 32.8 Å². The van der Waals surface area contributed by atoms with Crippen molar-refractivity contribution in [3.63, 3.8) is 0 Å². The largest absolute Gasteiger partial charge is 0.445 e. The summed E-state index contributed by atoms with van der Waals surface area (Å²) >= 11 is 0. The summed E-state index contributed by atoms with van der Waals surface area (Å²) in [6.07, 6.45) is 3.24. The van der Waals surface area contributed by atoms with Crippen molar-refractivity contribution in [3.8, 4) is 0 Å². The van der Waals surface area contributed by atoms with Gasteiger partial charge in [0, 0.05) is 32.0 Å². The van der Waals surface area contributed by atoms with Gasteiger partial charge in [-0.3, -0.25) is 4.98 Å². The molecule has 1 fully saturated rings. The van der Waals surface area contributed by atoms with E-state index in [1.807, 2.05) is 42.5 Å². The molecule has 0 bridgehead atoms. The minimum atomic E-state index is -0.286. The highest BCUT2D eigenvalue weighted by Crippen LogP contribution is 2.09. The SMILES string of the molecule is O=C(OCc1ccccc1)N1CCOC(CNCc2ccncc2)C1. The second-order valence-corrected chi connectivity index (χ2v) is 5.97. The van der Waals surface area contributed by atoms with Crippen LogP contribution in [0.3, 0.4) is 0 Å². The summed E-state index contributed by atoms with van der Waals surface area (Å²) in [7, 11) is 0. The normalized spacial score (nSPS) is 17.3. The van der Waals surface area contributed by atoms with Gasteiger partial charge in [0.1, 0.15) is 6.61 Å². The molecule has 2 aromatic rings. The topological polar surface area (TPSA) is 63.7 Å². The maximum Gasteiger partial charge on any atom is 0.410 e. The lowest BCUT2D eigenvalue weighted by Gasteiger charge is -2.32. The molecule has 1 N–H and O–H groups in total. The monoisotopic (exact) mass is 341 g/mol. The first-order valence-electron chi connectivity index (χ1n) is 8.48. The number of ether oxygens (including phenoxy) is 2. The average molecular weight is 341 g/mol. The molecule has 0 spiro atoms. The number of nitrogens with zero attached hydrogens (tertiary/aromatic N) is 2. The molecule has 6 nitrogen and oxygen atoms in total. The predicted octanol–water partition coefficient (Wildman–Crippen LogP) is 2.21. The van der Waals surface area contributed by atoms with Crippen molar-refractivity contribution in [2.75, 3.05) is 26.2 Å². The standard InChI is InChI=1S/C19H23N3O3/c23-19(25-15-17-4-2-1-3-5-17)22-10-11-24-18(14-22)13-21-12-16-6-8-20-9-7-16/h1-9,18,21H,10-15H2. The minimum Gasteiger partial charge on any atom is -0.445 e. The van der Waals surface area contributed by atoms with Gasteiger partial charge in [-0.05, 0) is 23.3 Å². The van der Waals surface area contributed by atoms with Gasteiger partial charge < -0.3 is 19.7 Å². The highest BCUT2D eigenvalue weighted by molar-refractivity contribution is 5.67. The molecule has 1 aromatic carbocycles. The number of amides is 1. The second-order valence-electron chi connectivity index (χ2n) is 5.97. The number of rotatable bonds is 6. The molecule has 1 aliphatic rings. The van der Waals surface area contributed by atoms with Crippen LogP contribution in [0.5, 0.6) is 0 Å². The quantitative estimate of drug-likeness (QED) is 0.873. The van der Waals surface area contributed by atoms with Crippen LogP contribution in [0.4, 0.5) is 4.79 Å². The first-order chi connectivity index (χ1) is 12.3. The number of aromatic nitrogens is 1. The van der Waals surface area contributed by atoms with E-state index in [9.17, 15) is 4.79 Å². The van der Waals surface area contributed by atoms with E-state index in [-0.39, 0.29) is 12.2 Å². The molecule has 1 aliphatic heterocycles. The molecule has 1 atom stereocenters. The maximum atomic E-state index is 12.2. The molecular formula is C19H23N3O3. The Morgan fingerprint density at radius 1 is 1.20 bits per heavy atom. The van der Waals surface area contributed by atoms with Gasteiger partial charge >= 0.3 is 6.09 Å². The number of carbonyl (C=O) groups excluding carboxylic acids is 1. The molecule has 0 aliphatic carbocycles. The fourth-order valence-corrected chi connectivity index (χ4v) is 2.70. The van der Waals surface area contributed by atoms with Gasteiger partial charge in [0.2, 0.25) is 0 Å². The van der Waals surface area contributed by atoms with Crippen LogP contribution in [-0.4, -0.2) is 48.3 Å². The number of morpholine rings is 1. The molecule has 0 radical (unpaired) electrons. The first kappa shape index (κ1) is 17.4. The predicted molar refractivity (Wildman–Crippen MR) is 93.9 cm³/mol. The lowest BCUT2D eigenvalue weighted by molar-refractivity contribution is -0.0271. The van der Waals surface area contributed by atoms with E-state index in [1.165, 1.54) is 5.56 Å². The van der Waals surface area contributed by atoms with Gasteiger partial charge in [-0.25, -0.2) is 4.79 Å². The molecule has 25 heavy (non-hydrogen) atoms. The molecule has 0 saturated carbocycles. The van der Waals surface area contributed by atoms with Crippen LogP contribution in [0.1, 0.15) is 11.1 Å². The van der Waals surface area contributed by atoms with Crippen LogP contribution in [0.2, 0.25) is 0 Å². The van der Waals surface area contributed by atoms with Gasteiger partial charge in [0.05, 0.1) is 19.3 Å². The first-order valence-corrected chi connectivity index (χ1v) is 8.48. The Morgan fingerprint density at radius 2 is 2.00 bits per heavy atom. The fraction of sp³-hybridized carbons (Fsp3) is 0.368. The lowest BCUT2D eigenvalue weighted by atomic mass is 10.2. The second kappa shape index (κ2) is 9.15.